The van der Waals surface area contributed by atoms with Crippen molar-refractivity contribution in [2.75, 3.05) is 33.9 Å². The quantitative estimate of drug-likeness (QED) is 0.372. The molecule has 0 saturated heterocycles. The summed E-state index contributed by atoms with van der Waals surface area (Å²) in [5.74, 6) is 2.92. The summed E-state index contributed by atoms with van der Waals surface area (Å²) in [6.07, 6.45) is 5.00. The molecule has 0 spiro atoms. The Hall–Kier alpha value is -1.95. The molecule has 0 aliphatic heterocycles. The minimum atomic E-state index is 0.288. The second-order valence-electron chi connectivity index (χ2n) is 7.29. The maximum absolute atomic E-state index is 6.28. The van der Waals surface area contributed by atoms with Gasteiger partial charge in [0.1, 0.15) is 0 Å². The third-order valence-corrected chi connectivity index (χ3v) is 4.53. The molecule has 2 rings (SSSR count). The van der Waals surface area contributed by atoms with E-state index in [2.05, 4.69) is 35.5 Å². The predicted octanol–water partition coefficient (Wildman–Crippen LogP) is 3.35. The van der Waals surface area contributed by atoms with Crippen molar-refractivity contribution in [3.05, 3.63) is 23.8 Å². The third kappa shape index (κ3) is 7.29. The fraction of sp³-hybridized carbons (Fsp3) is 0.667. The molecule has 27 heavy (non-hydrogen) atoms. The van der Waals surface area contributed by atoms with Crippen molar-refractivity contribution in [3.63, 3.8) is 0 Å². The van der Waals surface area contributed by atoms with Gasteiger partial charge in [-0.2, -0.15) is 0 Å². The lowest BCUT2D eigenvalue weighted by molar-refractivity contribution is 0.114. The van der Waals surface area contributed by atoms with Crippen LogP contribution in [0.3, 0.4) is 0 Å². The SMILES string of the molecule is CN=C(NCCOCC(C)C)NCc1cccc(OC)c1OC1CCCC1. The number of para-hydroxylation sites is 1. The van der Waals surface area contributed by atoms with Gasteiger partial charge in [-0.25, -0.2) is 0 Å². The van der Waals surface area contributed by atoms with Gasteiger partial charge in [0.2, 0.25) is 0 Å². The molecule has 0 unspecified atom stereocenters. The summed E-state index contributed by atoms with van der Waals surface area (Å²) in [5.41, 5.74) is 1.07. The van der Waals surface area contributed by atoms with Crippen LogP contribution in [0.5, 0.6) is 11.5 Å². The van der Waals surface area contributed by atoms with Crippen LogP contribution in [0.15, 0.2) is 23.2 Å². The molecule has 0 amide bonds. The molecule has 1 saturated carbocycles. The van der Waals surface area contributed by atoms with E-state index in [1.165, 1.54) is 12.8 Å². The van der Waals surface area contributed by atoms with E-state index in [9.17, 15) is 0 Å². The highest BCUT2D eigenvalue weighted by Crippen LogP contribution is 2.34. The van der Waals surface area contributed by atoms with E-state index in [1.54, 1.807) is 14.2 Å². The number of methoxy groups -OCH3 is 1. The fourth-order valence-corrected chi connectivity index (χ4v) is 3.13. The first-order valence-electron chi connectivity index (χ1n) is 9.98. The number of nitrogens with one attached hydrogen (secondary N) is 2. The van der Waals surface area contributed by atoms with Crippen LogP contribution in [0.1, 0.15) is 45.1 Å². The van der Waals surface area contributed by atoms with E-state index in [-0.39, 0.29) is 6.10 Å². The van der Waals surface area contributed by atoms with Crippen molar-refractivity contribution in [2.24, 2.45) is 10.9 Å². The summed E-state index contributed by atoms with van der Waals surface area (Å²) >= 11 is 0. The zero-order chi connectivity index (χ0) is 19.5. The van der Waals surface area contributed by atoms with Crippen molar-refractivity contribution < 1.29 is 14.2 Å². The molecule has 0 aromatic heterocycles. The van der Waals surface area contributed by atoms with Gasteiger partial charge in [0.15, 0.2) is 17.5 Å². The lowest BCUT2D eigenvalue weighted by Gasteiger charge is -2.20. The molecule has 1 fully saturated rings. The van der Waals surface area contributed by atoms with Crippen LogP contribution in [0, 0.1) is 5.92 Å². The van der Waals surface area contributed by atoms with Gasteiger partial charge < -0.3 is 24.8 Å². The lowest BCUT2D eigenvalue weighted by Crippen LogP contribution is -2.38. The van der Waals surface area contributed by atoms with E-state index in [0.717, 1.165) is 49.0 Å². The summed E-state index contributed by atoms with van der Waals surface area (Å²) in [5, 5.41) is 6.63. The molecule has 0 bridgehead atoms. The van der Waals surface area contributed by atoms with Crippen LogP contribution >= 0.6 is 0 Å². The van der Waals surface area contributed by atoms with E-state index >= 15 is 0 Å². The van der Waals surface area contributed by atoms with Crippen LogP contribution in [0.2, 0.25) is 0 Å². The summed E-state index contributed by atoms with van der Waals surface area (Å²) in [6.45, 7) is 7.07. The minimum Gasteiger partial charge on any atom is -0.493 e. The molecule has 0 heterocycles. The van der Waals surface area contributed by atoms with Crippen molar-refractivity contribution in [3.8, 4) is 11.5 Å². The standard InChI is InChI=1S/C21H35N3O3/c1-16(2)15-26-13-12-23-21(22-3)24-14-17-8-7-11-19(25-4)20(17)27-18-9-5-6-10-18/h7-8,11,16,18H,5-6,9-10,12-15H2,1-4H3,(H2,22,23,24). The highest BCUT2D eigenvalue weighted by Gasteiger charge is 2.20. The van der Waals surface area contributed by atoms with Crippen molar-refractivity contribution >= 4 is 5.96 Å². The van der Waals surface area contributed by atoms with Gasteiger partial charge in [-0.3, -0.25) is 4.99 Å². The van der Waals surface area contributed by atoms with E-state index in [1.807, 2.05) is 12.1 Å². The Labute approximate surface area is 163 Å². The van der Waals surface area contributed by atoms with Gasteiger partial charge in [-0.05, 0) is 37.7 Å². The summed E-state index contributed by atoms with van der Waals surface area (Å²) in [7, 11) is 3.46. The van der Waals surface area contributed by atoms with Crippen molar-refractivity contribution in [1.29, 1.82) is 0 Å². The van der Waals surface area contributed by atoms with Crippen LogP contribution in [-0.4, -0.2) is 46.0 Å². The van der Waals surface area contributed by atoms with Gasteiger partial charge in [-0.15, -0.1) is 0 Å². The second kappa shape index (κ2) is 11.7. The highest BCUT2D eigenvalue weighted by molar-refractivity contribution is 5.79. The highest BCUT2D eigenvalue weighted by atomic mass is 16.5. The summed E-state index contributed by atoms with van der Waals surface area (Å²) in [4.78, 5) is 4.28. The molecule has 2 N–H and O–H groups in total. The van der Waals surface area contributed by atoms with Crippen LogP contribution in [0.25, 0.3) is 0 Å². The lowest BCUT2D eigenvalue weighted by atomic mass is 10.1. The first-order chi connectivity index (χ1) is 13.1. The smallest absolute Gasteiger partial charge is 0.191 e. The monoisotopic (exact) mass is 377 g/mol. The molecule has 6 heteroatoms. The minimum absolute atomic E-state index is 0.288. The Morgan fingerprint density at radius 1 is 1.22 bits per heavy atom. The number of aliphatic imine (C=N–C) groups is 1. The first-order valence-corrected chi connectivity index (χ1v) is 9.98. The normalized spacial score (nSPS) is 15.2. The maximum Gasteiger partial charge on any atom is 0.191 e. The molecule has 1 aromatic carbocycles. The molecule has 0 atom stereocenters. The average molecular weight is 378 g/mol. The summed E-state index contributed by atoms with van der Waals surface area (Å²) in [6, 6.07) is 6.01. The Kier molecular flexibility index (Phi) is 9.25. The molecule has 6 nitrogen and oxygen atoms in total. The van der Waals surface area contributed by atoms with E-state index in [0.29, 0.717) is 19.1 Å². The summed E-state index contributed by atoms with van der Waals surface area (Å²) < 4.78 is 17.4. The van der Waals surface area contributed by atoms with Gasteiger partial charge in [-0.1, -0.05) is 26.0 Å². The Morgan fingerprint density at radius 3 is 2.67 bits per heavy atom. The van der Waals surface area contributed by atoms with E-state index < -0.39 is 0 Å². The number of hydrogen-bond acceptors (Lipinski definition) is 4. The van der Waals surface area contributed by atoms with Gasteiger partial charge in [0.05, 0.1) is 19.8 Å². The Morgan fingerprint density at radius 2 is 2.00 bits per heavy atom. The molecule has 1 aliphatic carbocycles. The van der Waals surface area contributed by atoms with Crippen molar-refractivity contribution in [2.45, 2.75) is 52.2 Å². The first kappa shape index (κ1) is 21.4. The van der Waals surface area contributed by atoms with E-state index in [4.69, 9.17) is 14.2 Å². The molecule has 1 aromatic rings. The van der Waals surface area contributed by atoms with Crippen molar-refractivity contribution in [1.82, 2.24) is 10.6 Å². The number of rotatable bonds is 10. The zero-order valence-corrected chi connectivity index (χ0v) is 17.2. The van der Waals surface area contributed by atoms with Gasteiger partial charge in [0.25, 0.3) is 0 Å². The second-order valence-corrected chi connectivity index (χ2v) is 7.29. The molecular weight excluding hydrogens is 342 g/mol. The van der Waals surface area contributed by atoms with Crippen LogP contribution in [-0.2, 0) is 11.3 Å². The third-order valence-electron chi connectivity index (χ3n) is 4.53. The number of guanidine groups is 1. The molecular formula is C21H35N3O3. The predicted molar refractivity (Wildman–Crippen MR) is 110 cm³/mol. The molecule has 152 valence electrons. The van der Waals surface area contributed by atoms with Gasteiger partial charge in [0, 0.05) is 32.3 Å². The fourth-order valence-electron chi connectivity index (χ4n) is 3.13. The Balaban J connectivity index is 1.89. The number of nitrogens with zero attached hydrogens (tertiary/aromatic N) is 1. The maximum atomic E-state index is 6.28. The molecule has 1 aliphatic rings. The Bertz CT molecular complexity index is 584. The molecule has 0 radical (unpaired) electrons. The largest absolute Gasteiger partial charge is 0.493 e. The van der Waals surface area contributed by atoms with Crippen LogP contribution < -0.4 is 20.1 Å². The van der Waals surface area contributed by atoms with Crippen LogP contribution in [0.4, 0.5) is 0 Å². The zero-order valence-electron chi connectivity index (χ0n) is 17.2. The van der Waals surface area contributed by atoms with Gasteiger partial charge >= 0.3 is 0 Å². The average Bonchev–Trinajstić information content (AvgIpc) is 3.17. The number of ether oxygens (including phenoxy) is 3. The number of hydrogen-bond donors (Lipinski definition) is 2. The topological polar surface area (TPSA) is 64.1 Å². The number of benzene rings is 1.